The summed E-state index contributed by atoms with van der Waals surface area (Å²) in [7, 11) is 3.43. The number of amides is 2. The Hall–Kier alpha value is -2.60. The summed E-state index contributed by atoms with van der Waals surface area (Å²) in [6.07, 6.45) is 1.81. The summed E-state index contributed by atoms with van der Waals surface area (Å²) in [5.41, 5.74) is 3.62. The van der Waals surface area contributed by atoms with E-state index in [-0.39, 0.29) is 11.7 Å². The summed E-state index contributed by atoms with van der Waals surface area (Å²) >= 11 is 0. The van der Waals surface area contributed by atoms with E-state index in [4.69, 9.17) is 4.42 Å². The normalized spacial score (nSPS) is 12.0. The maximum absolute atomic E-state index is 12.3. The summed E-state index contributed by atoms with van der Waals surface area (Å²) in [5.74, 6) is -0.524. The van der Waals surface area contributed by atoms with Crippen molar-refractivity contribution in [1.29, 1.82) is 0 Å². The molecule has 0 aliphatic carbocycles. The van der Waals surface area contributed by atoms with Crippen molar-refractivity contribution in [3.05, 3.63) is 60.1 Å². The van der Waals surface area contributed by atoms with Crippen LogP contribution in [0.1, 0.15) is 16.1 Å². The van der Waals surface area contributed by atoms with Crippen LogP contribution in [0.3, 0.4) is 0 Å². The smallest absolute Gasteiger partial charge is 0.287 e. The Morgan fingerprint density at radius 2 is 1.86 bits per heavy atom. The van der Waals surface area contributed by atoms with Gasteiger partial charge in [0.15, 0.2) is 5.76 Å². The number of carbonyl (C=O) groups excluding carboxylic acids is 2. The van der Waals surface area contributed by atoms with E-state index in [0.29, 0.717) is 6.42 Å². The van der Waals surface area contributed by atoms with Gasteiger partial charge in [0.05, 0.1) is 6.26 Å². The lowest BCUT2D eigenvalue weighted by Crippen LogP contribution is -2.51. The van der Waals surface area contributed by atoms with Crippen molar-refractivity contribution in [1.82, 2.24) is 15.8 Å². The summed E-state index contributed by atoms with van der Waals surface area (Å²) in [4.78, 5) is 24.4. The largest absolute Gasteiger partial charge is 0.459 e. The van der Waals surface area contributed by atoms with Crippen LogP contribution < -0.4 is 10.7 Å². The average Bonchev–Trinajstić information content (AvgIpc) is 3.01. The molecule has 0 spiro atoms. The zero-order valence-electron chi connectivity index (χ0n) is 12.6. The standard InChI is InChI=1S/C16H19N3O3/c1-19(2)18-15(20)13(11-12-7-4-3-5-8-12)17-16(21)14-9-6-10-22-14/h3-10,13H,11H2,1-2H3,(H,17,21)(H,18,20)/t13-/m0/s1. The third kappa shape index (κ3) is 4.46. The average molecular weight is 301 g/mol. The van der Waals surface area contributed by atoms with Crippen molar-refractivity contribution in [2.75, 3.05) is 14.1 Å². The van der Waals surface area contributed by atoms with Crippen LogP contribution in [0.2, 0.25) is 0 Å². The minimum Gasteiger partial charge on any atom is -0.459 e. The van der Waals surface area contributed by atoms with Crippen molar-refractivity contribution in [3.8, 4) is 0 Å². The molecule has 2 N–H and O–H groups in total. The van der Waals surface area contributed by atoms with Gasteiger partial charge in [0.1, 0.15) is 6.04 Å². The number of hydrazine groups is 1. The van der Waals surface area contributed by atoms with Gasteiger partial charge in [0, 0.05) is 20.5 Å². The van der Waals surface area contributed by atoms with Crippen LogP contribution in [0, 0.1) is 0 Å². The van der Waals surface area contributed by atoms with Gasteiger partial charge < -0.3 is 9.73 Å². The Bertz CT molecular complexity index is 609. The Balaban J connectivity index is 2.10. The van der Waals surface area contributed by atoms with Crippen LogP contribution in [0.15, 0.2) is 53.1 Å². The number of carbonyl (C=O) groups is 2. The van der Waals surface area contributed by atoms with E-state index in [1.54, 1.807) is 31.2 Å². The number of nitrogens with one attached hydrogen (secondary N) is 2. The molecule has 116 valence electrons. The molecule has 2 aromatic rings. The molecule has 0 saturated carbocycles. The number of benzene rings is 1. The van der Waals surface area contributed by atoms with Gasteiger partial charge in [0.2, 0.25) is 0 Å². The number of rotatable bonds is 6. The molecule has 1 heterocycles. The minimum atomic E-state index is -0.692. The predicted molar refractivity (Wildman–Crippen MR) is 81.9 cm³/mol. The lowest BCUT2D eigenvalue weighted by Gasteiger charge is -2.20. The number of hydrogen-bond acceptors (Lipinski definition) is 4. The molecule has 0 bridgehead atoms. The molecule has 0 saturated heterocycles. The molecule has 22 heavy (non-hydrogen) atoms. The molecule has 2 amide bonds. The summed E-state index contributed by atoms with van der Waals surface area (Å²) in [5, 5.41) is 4.24. The molecule has 0 fully saturated rings. The van der Waals surface area contributed by atoms with Gasteiger partial charge in [-0.25, -0.2) is 5.01 Å². The van der Waals surface area contributed by atoms with Gasteiger partial charge in [-0.05, 0) is 17.7 Å². The number of furan rings is 1. The molecule has 0 aliphatic rings. The van der Waals surface area contributed by atoms with E-state index in [9.17, 15) is 9.59 Å². The zero-order chi connectivity index (χ0) is 15.9. The first-order valence-electron chi connectivity index (χ1n) is 6.92. The first kappa shape index (κ1) is 15.8. The van der Waals surface area contributed by atoms with Crippen molar-refractivity contribution >= 4 is 11.8 Å². The second-order valence-electron chi connectivity index (χ2n) is 5.06. The number of nitrogens with zero attached hydrogens (tertiary/aromatic N) is 1. The third-order valence-corrected chi connectivity index (χ3v) is 2.98. The third-order valence-electron chi connectivity index (χ3n) is 2.98. The zero-order valence-corrected chi connectivity index (χ0v) is 12.6. The number of hydrogen-bond donors (Lipinski definition) is 2. The van der Waals surface area contributed by atoms with Crippen LogP contribution in [0.5, 0.6) is 0 Å². The van der Waals surface area contributed by atoms with Crippen LogP contribution in [0.4, 0.5) is 0 Å². The molecule has 0 aliphatic heterocycles. The molecule has 0 unspecified atom stereocenters. The maximum Gasteiger partial charge on any atom is 0.287 e. The highest BCUT2D eigenvalue weighted by Gasteiger charge is 2.23. The lowest BCUT2D eigenvalue weighted by atomic mass is 10.1. The highest BCUT2D eigenvalue weighted by atomic mass is 16.3. The van der Waals surface area contributed by atoms with Gasteiger partial charge in [-0.15, -0.1) is 0 Å². The molecule has 1 aromatic carbocycles. The van der Waals surface area contributed by atoms with Gasteiger partial charge in [-0.1, -0.05) is 30.3 Å². The first-order chi connectivity index (χ1) is 10.6. The summed E-state index contributed by atoms with van der Waals surface area (Å²) in [6.45, 7) is 0. The van der Waals surface area contributed by atoms with Crippen molar-refractivity contribution in [3.63, 3.8) is 0 Å². The van der Waals surface area contributed by atoms with E-state index in [0.717, 1.165) is 5.56 Å². The predicted octanol–water partition coefficient (Wildman–Crippen LogP) is 1.21. The van der Waals surface area contributed by atoms with Gasteiger partial charge >= 0.3 is 0 Å². The fourth-order valence-electron chi connectivity index (χ4n) is 1.99. The second-order valence-corrected chi connectivity index (χ2v) is 5.06. The highest BCUT2D eigenvalue weighted by molar-refractivity contribution is 5.95. The van der Waals surface area contributed by atoms with Crippen molar-refractivity contribution in [2.24, 2.45) is 0 Å². The van der Waals surface area contributed by atoms with E-state index >= 15 is 0 Å². The van der Waals surface area contributed by atoms with Crippen LogP contribution in [-0.4, -0.2) is 37.0 Å². The van der Waals surface area contributed by atoms with E-state index in [2.05, 4.69) is 10.7 Å². The van der Waals surface area contributed by atoms with Gasteiger partial charge in [-0.3, -0.25) is 15.0 Å². The van der Waals surface area contributed by atoms with Crippen molar-refractivity contribution < 1.29 is 14.0 Å². The molecular weight excluding hydrogens is 282 g/mol. The van der Waals surface area contributed by atoms with Crippen molar-refractivity contribution in [2.45, 2.75) is 12.5 Å². The fourth-order valence-corrected chi connectivity index (χ4v) is 1.99. The first-order valence-corrected chi connectivity index (χ1v) is 6.92. The topological polar surface area (TPSA) is 74.6 Å². The van der Waals surface area contributed by atoms with E-state index < -0.39 is 11.9 Å². The second kappa shape index (κ2) is 7.42. The molecule has 2 rings (SSSR count). The molecule has 1 atom stereocenters. The highest BCUT2D eigenvalue weighted by Crippen LogP contribution is 2.06. The lowest BCUT2D eigenvalue weighted by molar-refractivity contribution is -0.126. The summed E-state index contributed by atoms with van der Waals surface area (Å²) < 4.78 is 5.05. The van der Waals surface area contributed by atoms with E-state index in [1.165, 1.54) is 6.26 Å². The monoisotopic (exact) mass is 301 g/mol. The van der Waals surface area contributed by atoms with Crippen LogP contribution >= 0.6 is 0 Å². The van der Waals surface area contributed by atoms with Gasteiger partial charge in [0.25, 0.3) is 11.8 Å². The van der Waals surface area contributed by atoms with E-state index in [1.807, 2.05) is 30.3 Å². The summed E-state index contributed by atoms with van der Waals surface area (Å²) in [6, 6.07) is 12.0. The molecule has 0 radical (unpaired) electrons. The molecule has 1 aromatic heterocycles. The Morgan fingerprint density at radius 1 is 1.14 bits per heavy atom. The molecule has 6 heteroatoms. The fraction of sp³-hybridized carbons (Fsp3) is 0.250. The maximum atomic E-state index is 12.3. The van der Waals surface area contributed by atoms with Crippen LogP contribution in [0.25, 0.3) is 0 Å². The molecule has 6 nitrogen and oxygen atoms in total. The minimum absolute atomic E-state index is 0.177. The Morgan fingerprint density at radius 3 is 2.45 bits per heavy atom. The Labute approximate surface area is 129 Å². The van der Waals surface area contributed by atoms with Crippen LogP contribution in [-0.2, 0) is 11.2 Å². The Kier molecular flexibility index (Phi) is 5.32. The molecular formula is C16H19N3O3. The SMILES string of the molecule is CN(C)NC(=O)[C@H](Cc1ccccc1)NC(=O)c1ccco1. The van der Waals surface area contributed by atoms with Gasteiger partial charge in [-0.2, -0.15) is 0 Å². The quantitative estimate of drug-likeness (QED) is 0.787.